The summed E-state index contributed by atoms with van der Waals surface area (Å²) in [7, 11) is 1.76. The monoisotopic (exact) mass is 211 g/mol. The largest absolute Gasteiger partial charge is 0.385 e. The first-order valence-electron chi connectivity index (χ1n) is 5.89. The summed E-state index contributed by atoms with van der Waals surface area (Å²) < 4.78 is 9.77. The van der Waals surface area contributed by atoms with Crippen LogP contribution in [0.3, 0.4) is 0 Å². The third-order valence-corrected chi connectivity index (χ3v) is 2.62. The highest BCUT2D eigenvalue weighted by Gasteiger charge is 2.13. The summed E-state index contributed by atoms with van der Waals surface area (Å²) in [5.41, 5.74) is 0. The lowest BCUT2D eigenvalue weighted by Gasteiger charge is -2.02. The molecule has 0 aliphatic carbocycles. The van der Waals surface area contributed by atoms with Crippen LogP contribution in [-0.2, 0) is 24.2 Å². The summed E-state index contributed by atoms with van der Waals surface area (Å²) in [5.74, 6) is 1.42. The van der Waals surface area contributed by atoms with Crippen LogP contribution in [0.1, 0.15) is 32.5 Å². The number of aryl methyl sites for hydroxylation is 2. The topological polar surface area (TPSA) is 18.0 Å². The van der Waals surface area contributed by atoms with E-state index in [4.69, 9.17) is 4.74 Å². The molecule has 0 N–H and O–H groups in total. The van der Waals surface area contributed by atoms with Crippen LogP contribution in [0.25, 0.3) is 0 Å². The maximum Gasteiger partial charge on any atom is 0.256 e. The molecule has 0 saturated heterocycles. The molecule has 15 heavy (non-hydrogen) atoms. The van der Waals surface area contributed by atoms with E-state index in [-0.39, 0.29) is 0 Å². The zero-order valence-corrected chi connectivity index (χ0v) is 10.2. The van der Waals surface area contributed by atoms with Gasteiger partial charge in [0, 0.05) is 26.6 Å². The number of hydrogen-bond donors (Lipinski definition) is 0. The van der Waals surface area contributed by atoms with Gasteiger partial charge in [0.1, 0.15) is 12.4 Å². The zero-order valence-electron chi connectivity index (χ0n) is 10.2. The van der Waals surface area contributed by atoms with Crippen molar-refractivity contribution in [3.8, 4) is 0 Å². The zero-order chi connectivity index (χ0) is 11.1. The molecule has 0 atom stereocenters. The predicted molar refractivity (Wildman–Crippen MR) is 60.8 cm³/mol. The highest BCUT2D eigenvalue weighted by Crippen LogP contribution is 1.99. The fourth-order valence-corrected chi connectivity index (χ4v) is 1.93. The summed E-state index contributed by atoms with van der Waals surface area (Å²) >= 11 is 0. The minimum Gasteiger partial charge on any atom is -0.385 e. The molecule has 1 heterocycles. The highest BCUT2D eigenvalue weighted by atomic mass is 16.5. The van der Waals surface area contributed by atoms with E-state index in [2.05, 4.69) is 35.4 Å². The molecular formula is C12H23N2O+. The molecule has 1 aromatic heterocycles. The maximum atomic E-state index is 5.07. The molecule has 0 amide bonds. The van der Waals surface area contributed by atoms with Gasteiger partial charge in [0.05, 0.1) is 13.1 Å². The van der Waals surface area contributed by atoms with Gasteiger partial charge >= 0.3 is 0 Å². The maximum absolute atomic E-state index is 5.07. The molecule has 0 unspecified atom stereocenters. The van der Waals surface area contributed by atoms with Crippen molar-refractivity contribution in [3.05, 3.63) is 18.2 Å². The Morgan fingerprint density at radius 2 is 2.20 bits per heavy atom. The summed E-state index contributed by atoms with van der Waals surface area (Å²) in [6, 6.07) is 0. The molecule has 3 heteroatoms. The lowest BCUT2D eigenvalue weighted by atomic mass is 10.4. The Bertz CT molecular complexity index is 281. The molecule has 0 aromatic carbocycles. The molecule has 0 bridgehead atoms. The van der Waals surface area contributed by atoms with E-state index in [1.54, 1.807) is 7.11 Å². The van der Waals surface area contributed by atoms with Gasteiger partial charge in [-0.25, -0.2) is 9.13 Å². The average Bonchev–Trinajstić information content (AvgIpc) is 2.62. The third-order valence-electron chi connectivity index (χ3n) is 2.62. The van der Waals surface area contributed by atoms with Gasteiger partial charge in [0.15, 0.2) is 0 Å². The molecule has 3 nitrogen and oxygen atoms in total. The van der Waals surface area contributed by atoms with Crippen molar-refractivity contribution in [2.24, 2.45) is 0 Å². The number of ether oxygens (including phenoxy) is 1. The first kappa shape index (κ1) is 12.2. The van der Waals surface area contributed by atoms with Gasteiger partial charge in [-0.15, -0.1) is 0 Å². The van der Waals surface area contributed by atoms with E-state index < -0.39 is 0 Å². The van der Waals surface area contributed by atoms with Crippen molar-refractivity contribution in [3.63, 3.8) is 0 Å². The van der Waals surface area contributed by atoms with Gasteiger partial charge < -0.3 is 4.74 Å². The Morgan fingerprint density at radius 3 is 2.80 bits per heavy atom. The molecule has 0 aliphatic heterocycles. The van der Waals surface area contributed by atoms with Gasteiger partial charge in [0.2, 0.25) is 0 Å². The number of imidazole rings is 1. The van der Waals surface area contributed by atoms with Crippen LogP contribution in [0.2, 0.25) is 0 Å². The smallest absolute Gasteiger partial charge is 0.256 e. The number of hydrogen-bond acceptors (Lipinski definition) is 1. The second kappa shape index (κ2) is 6.62. The first-order chi connectivity index (χ1) is 7.33. The highest BCUT2D eigenvalue weighted by molar-refractivity contribution is 4.82. The van der Waals surface area contributed by atoms with Crippen molar-refractivity contribution < 1.29 is 9.30 Å². The van der Waals surface area contributed by atoms with E-state index in [0.717, 1.165) is 32.5 Å². The normalized spacial score (nSPS) is 10.9. The number of nitrogens with zero attached hydrogens (tertiary/aromatic N) is 2. The number of rotatable bonds is 7. The van der Waals surface area contributed by atoms with Crippen LogP contribution in [-0.4, -0.2) is 18.3 Å². The first-order valence-corrected chi connectivity index (χ1v) is 5.89. The van der Waals surface area contributed by atoms with Crippen LogP contribution in [0, 0.1) is 0 Å². The van der Waals surface area contributed by atoms with Crippen molar-refractivity contribution in [1.82, 2.24) is 4.57 Å². The van der Waals surface area contributed by atoms with Gasteiger partial charge in [-0.3, -0.25) is 0 Å². The van der Waals surface area contributed by atoms with E-state index >= 15 is 0 Å². The van der Waals surface area contributed by atoms with Gasteiger partial charge in [-0.1, -0.05) is 13.8 Å². The van der Waals surface area contributed by atoms with E-state index in [0.29, 0.717) is 0 Å². The Hall–Kier alpha value is -0.830. The van der Waals surface area contributed by atoms with E-state index in [1.807, 2.05) is 0 Å². The summed E-state index contributed by atoms with van der Waals surface area (Å²) in [6.45, 7) is 7.46. The van der Waals surface area contributed by atoms with Crippen molar-refractivity contribution >= 4 is 0 Å². The minimum absolute atomic E-state index is 0.842. The summed E-state index contributed by atoms with van der Waals surface area (Å²) in [4.78, 5) is 0. The van der Waals surface area contributed by atoms with Crippen LogP contribution in [0.4, 0.5) is 0 Å². The fraction of sp³-hybridized carbons (Fsp3) is 0.750. The van der Waals surface area contributed by atoms with Crippen LogP contribution >= 0.6 is 0 Å². The van der Waals surface area contributed by atoms with Gasteiger partial charge in [-0.2, -0.15) is 0 Å². The van der Waals surface area contributed by atoms with Crippen LogP contribution in [0.15, 0.2) is 12.4 Å². The molecule has 0 radical (unpaired) electrons. The Balaban J connectivity index is 2.62. The molecular weight excluding hydrogens is 188 g/mol. The second-order valence-corrected chi connectivity index (χ2v) is 3.80. The average molecular weight is 211 g/mol. The predicted octanol–water partition coefficient (Wildman–Crippen LogP) is 1.78. The summed E-state index contributed by atoms with van der Waals surface area (Å²) in [5, 5.41) is 0. The third kappa shape index (κ3) is 3.34. The Labute approximate surface area is 92.7 Å². The van der Waals surface area contributed by atoms with Gasteiger partial charge in [-0.05, 0) is 6.42 Å². The van der Waals surface area contributed by atoms with E-state index in [1.165, 1.54) is 12.2 Å². The lowest BCUT2D eigenvalue weighted by Crippen LogP contribution is -2.36. The summed E-state index contributed by atoms with van der Waals surface area (Å²) in [6.07, 6.45) is 7.75. The molecule has 0 aliphatic rings. The lowest BCUT2D eigenvalue weighted by molar-refractivity contribution is -0.703. The second-order valence-electron chi connectivity index (χ2n) is 3.80. The van der Waals surface area contributed by atoms with Crippen LogP contribution in [0.5, 0.6) is 0 Å². The van der Waals surface area contributed by atoms with E-state index in [9.17, 15) is 0 Å². The minimum atomic E-state index is 0.842. The molecule has 86 valence electrons. The van der Waals surface area contributed by atoms with Crippen molar-refractivity contribution in [1.29, 1.82) is 0 Å². The molecule has 0 spiro atoms. The fourth-order valence-electron chi connectivity index (χ4n) is 1.93. The van der Waals surface area contributed by atoms with Crippen molar-refractivity contribution in [2.45, 2.75) is 46.2 Å². The molecule has 1 aromatic rings. The molecule has 0 fully saturated rings. The van der Waals surface area contributed by atoms with Gasteiger partial charge in [0.25, 0.3) is 5.82 Å². The Kier molecular flexibility index (Phi) is 5.40. The SMILES string of the molecule is CCC[n+]1ccn(CCCOC)c1CC. The van der Waals surface area contributed by atoms with Crippen LogP contribution < -0.4 is 4.57 Å². The molecule has 1 rings (SSSR count). The number of aromatic nitrogens is 2. The standard InChI is InChI=1S/C12H23N2O/c1-4-7-13-9-10-14(12(13)5-2)8-6-11-15-3/h9-10H,4-8,11H2,1-3H3/q+1. The quantitative estimate of drug-likeness (QED) is 0.496. The molecule has 0 saturated carbocycles. The Morgan fingerprint density at radius 1 is 1.40 bits per heavy atom. The number of methoxy groups -OCH3 is 1. The van der Waals surface area contributed by atoms with Crippen molar-refractivity contribution in [2.75, 3.05) is 13.7 Å².